The van der Waals surface area contributed by atoms with Crippen LogP contribution in [0.25, 0.3) is 0 Å². The molecule has 0 bridgehead atoms. The Labute approximate surface area is 165 Å². The number of nitrogens with one attached hydrogen (secondary N) is 2. The zero-order valence-corrected chi connectivity index (χ0v) is 16.4. The molecule has 2 aromatic carbocycles. The Morgan fingerprint density at radius 3 is 2.21 bits per heavy atom. The van der Waals surface area contributed by atoms with E-state index in [2.05, 4.69) is 51.5 Å². The fourth-order valence-corrected chi connectivity index (χ4v) is 2.85. The Bertz CT molecular complexity index is 918. The molecule has 0 saturated heterocycles. The lowest BCUT2D eigenvalue weighted by atomic mass is 10.2. The van der Waals surface area contributed by atoms with Gasteiger partial charge in [0.05, 0.1) is 0 Å². The van der Waals surface area contributed by atoms with E-state index in [1.54, 1.807) is 12.3 Å². The average molecular weight is 375 g/mol. The summed E-state index contributed by atoms with van der Waals surface area (Å²) in [6.45, 7) is 8.20. The summed E-state index contributed by atoms with van der Waals surface area (Å²) in [5.41, 5.74) is 4.21. The van der Waals surface area contributed by atoms with E-state index in [0.717, 1.165) is 30.0 Å². The molecule has 28 heavy (non-hydrogen) atoms. The lowest BCUT2D eigenvalue weighted by Crippen LogP contribution is -2.21. The normalized spacial score (nSPS) is 10.4. The standard InChI is InChI=1S/C22H25N5O/c1-4-27(5-2)19-12-10-18(11-13-19)25-22-23-15-14-20(26-22)21(28)24-17-8-6-16(3)7-9-17/h6-15H,4-5H2,1-3H3,(H,24,28)(H,23,25,26). The van der Waals surface area contributed by atoms with Crippen molar-refractivity contribution in [3.05, 3.63) is 72.1 Å². The number of nitrogens with zero attached hydrogens (tertiary/aromatic N) is 3. The highest BCUT2D eigenvalue weighted by Gasteiger charge is 2.10. The summed E-state index contributed by atoms with van der Waals surface area (Å²) in [4.78, 5) is 23.3. The van der Waals surface area contributed by atoms with Crippen molar-refractivity contribution in [2.75, 3.05) is 28.6 Å². The Hall–Kier alpha value is -3.41. The molecule has 0 unspecified atom stereocenters. The summed E-state index contributed by atoms with van der Waals surface area (Å²) in [7, 11) is 0. The highest BCUT2D eigenvalue weighted by atomic mass is 16.1. The summed E-state index contributed by atoms with van der Waals surface area (Å²) in [5, 5.41) is 6.00. The van der Waals surface area contributed by atoms with Crippen molar-refractivity contribution >= 4 is 28.9 Å². The minimum atomic E-state index is -0.272. The van der Waals surface area contributed by atoms with Gasteiger partial charge >= 0.3 is 0 Å². The summed E-state index contributed by atoms with van der Waals surface area (Å²) in [5.74, 6) is 0.110. The van der Waals surface area contributed by atoms with E-state index in [4.69, 9.17) is 0 Å². The van der Waals surface area contributed by atoms with Crippen LogP contribution >= 0.6 is 0 Å². The number of aryl methyl sites for hydroxylation is 1. The van der Waals surface area contributed by atoms with E-state index >= 15 is 0 Å². The molecule has 0 aliphatic heterocycles. The van der Waals surface area contributed by atoms with Gasteiger partial charge in [-0.3, -0.25) is 4.79 Å². The number of rotatable bonds is 7. The number of amides is 1. The molecule has 1 heterocycles. The second-order valence-electron chi connectivity index (χ2n) is 6.43. The molecule has 0 aliphatic rings. The van der Waals surface area contributed by atoms with Crippen LogP contribution in [0.4, 0.5) is 23.0 Å². The zero-order chi connectivity index (χ0) is 19.9. The molecular weight excluding hydrogens is 350 g/mol. The van der Waals surface area contributed by atoms with E-state index < -0.39 is 0 Å². The van der Waals surface area contributed by atoms with E-state index in [-0.39, 0.29) is 5.91 Å². The van der Waals surface area contributed by atoms with Crippen LogP contribution in [-0.2, 0) is 0 Å². The van der Waals surface area contributed by atoms with Crippen LogP contribution in [0.1, 0.15) is 29.9 Å². The summed E-state index contributed by atoms with van der Waals surface area (Å²) >= 11 is 0. The zero-order valence-electron chi connectivity index (χ0n) is 16.4. The molecule has 2 N–H and O–H groups in total. The topological polar surface area (TPSA) is 70.2 Å². The molecule has 144 valence electrons. The predicted molar refractivity (Wildman–Crippen MR) is 114 cm³/mol. The highest BCUT2D eigenvalue weighted by Crippen LogP contribution is 2.20. The van der Waals surface area contributed by atoms with E-state index in [1.165, 1.54) is 5.69 Å². The maximum Gasteiger partial charge on any atom is 0.274 e. The molecule has 3 aromatic rings. The Morgan fingerprint density at radius 1 is 0.929 bits per heavy atom. The predicted octanol–water partition coefficient (Wildman–Crippen LogP) is 4.63. The van der Waals surface area contributed by atoms with Crippen LogP contribution in [0.5, 0.6) is 0 Å². The molecule has 1 amide bonds. The molecule has 0 aliphatic carbocycles. The van der Waals surface area contributed by atoms with Crippen molar-refractivity contribution in [1.29, 1.82) is 0 Å². The number of aromatic nitrogens is 2. The lowest BCUT2D eigenvalue weighted by molar-refractivity contribution is 0.102. The van der Waals surface area contributed by atoms with Gasteiger partial charge in [-0.05, 0) is 63.2 Å². The van der Waals surface area contributed by atoms with Gasteiger partial charge in [-0.2, -0.15) is 0 Å². The third-order valence-corrected chi connectivity index (χ3v) is 4.45. The fourth-order valence-electron chi connectivity index (χ4n) is 2.85. The smallest absolute Gasteiger partial charge is 0.274 e. The number of hydrogen-bond donors (Lipinski definition) is 2. The van der Waals surface area contributed by atoms with E-state index in [9.17, 15) is 4.79 Å². The van der Waals surface area contributed by atoms with Gasteiger partial charge in [0, 0.05) is 36.3 Å². The molecule has 6 heteroatoms. The molecule has 0 radical (unpaired) electrons. The molecule has 0 spiro atoms. The minimum Gasteiger partial charge on any atom is -0.372 e. The molecule has 3 rings (SSSR count). The van der Waals surface area contributed by atoms with Gasteiger partial charge in [0.25, 0.3) is 5.91 Å². The Morgan fingerprint density at radius 2 is 1.57 bits per heavy atom. The van der Waals surface area contributed by atoms with Crippen molar-refractivity contribution < 1.29 is 4.79 Å². The molecule has 0 atom stereocenters. The minimum absolute atomic E-state index is 0.272. The van der Waals surface area contributed by atoms with Gasteiger partial charge in [-0.25, -0.2) is 9.97 Å². The van der Waals surface area contributed by atoms with Crippen LogP contribution in [-0.4, -0.2) is 29.0 Å². The van der Waals surface area contributed by atoms with Gasteiger partial charge in [0.1, 0.15) is 5.69 Å². The summed E-state index contributed by atoms with van der Waals surface area (Å²) in [6, 6.07) is 17.3. The number of anilines is 4. The Balaban J connectivity index is 1.69. The molecule has 0 saturated carbocycles. The summed E-state index contributed by atoms with van der Waals surface area (Å²) in [6.07, 6.45) is 1.57. The maximum absolute atomic E-state index is 12.5. The monoisotopic (exact) mass is 375 g/mol. The summed E-state index contributed by atoms with van der Waals surface area (Å²) < 4.78 is 0. The third-order valence-electron chi connectivity index (χ3n) is 4.45. The first kappa shape index (κ1) is 19.4. The molecule has 0 fully saturated rings. The van der Waals surface area contributed by atoms with Crippen LogP contribution in [0.3, 0.4) is 0 Å². The first-order chi connectivity index (χ1) is 13.6. The van der Waals surface area contributed by atoms with Gasteiger partial charge in [-0.15, -0.1) is 0 Å². The third kappa shape index (κ3) is 4.85. The first-order valence-electron chi connectivity index (χ1n) is 9.42. The second-order valence-corrected chi connectivity index (χ2v) is 6.43. The fraction of sp³-hybridized carbons (Fsp3) is 0.227. The van der Waals surface area contributed by atoms with Crippen LogP contribution in [0.15, 0.2) is 60.8 Å². The second kappa shape index (κ2) is 8.99. The highest BCUT2D eigenvalue weighted by molar-refractivity contribution is 6.03. The molecular formula is C22H25N5O. The largest absolute Gasteiger partial charge is 0.372 e. The van der Waals surface area contributed by atoms with Gasteiger partial charge in [0.2, 0.25) is 5.95 Å². The molecule has 6 nitrogen and oxygen atoms in total. The van der Waals surface area contributed by atoms with Crippen molar-refractivity contribution in [3.63, 3.8) is 0 Å². The van der Waals surface area contributed by atoms with Crippen LogP contribution in [0, 0.1) is 6.92 Å². The number of carbonyl (C=O) groups is 1. The van der Waals surface area contributed by atoms with Crippen LogP contribution < -0.4 is 15.5 Å². The van der Waals surface area contributed by atoms with Gasteiger partial charge in [-0.1, -0.05) is 17.7 Å². The quantitative estimate of drug-likeness (QED) is 0.630. The van der Waals surface area contributed by atoms with Crippen molar-refractivity contribution in [1.82, 2.24) is 9.97 Å². The van der Waals surface area contributed by atoms with E-state index in [1.807, 2.05) is 43.3 Å². The van der Waals surface area contributed by atoms with Crippen molar-refractivity contribution in [3.8, 4) is 0 Å². The SMILES string of the molecule is CCN(CC)c1ccc(Nc2nccc(C(=O)Nc3ccc(C)cc3)n2)cc1. The molecule has 1 aromatic heterocycles. The van der Waals surface area contributed by atoms with Crippen LogP contribution in [0.2, 0.25) is 0 Å². The number of benzene rings is 2. The van der Waals surface area contributed by atoms with Crippen molar-refractivity contribution in [2.24, 2.45) is 0 Å². The van der Waals surface area contributed by atoms with Gasteiger partial charge < -0.3 is 15.5 Å². The van der Waals surface area contributed by atoms with E-state index in [0.29, 0.717) is 11.6 Å². The lowest BCUT2D eigenvalue weighted by Gasteiger charge is -2.21. The first-order valence-corrected chi connectivity index (χ1v) is 9.42. The number of hydrogen-bond acceptors (Lipinski definition) is 5. The van der Waals surface area contributed by atoms with Crippen molar-refractivity contribution in [2.45, 2.75) is 20.8 Å². The Kier molecular flexibility index (Phi) is 6.22. The maximum atomic E-state index is 12.5. The van der Waals surface area contributed by atoms with Gasteiger partial charge in [0.15, 0.2) is 0 Å². The number of carbonyl (C=O) groups excluding carboxylic acids is 1. The average Bonchev–Trinajstić information content (AvgIpc) is 2.72.